The fourth-order valence-corrected chi connectivity index (χ4v) is 4.73. The molecule has 0 radical (unpaired) electrons. The summed E-state index contributed by atoms with van der Waals surface area (Å²) in [6, 6.07) is 17.7. The zero-order valence-electron chi connectivity index (χ0n) is 17.4. The molecule has 2 unspecified atom stereocenters. The Kier molecular flexibility index (Phi) is 4.75. The molecule has 0 N–H and O–H groups in total. The van der Waals surface area contributed by atoms with Gasteiger partial charge in [0, 0.05) is 10.7 Å². The van der Waals surface area contributed by atoms with Crippen LogP contribution < -0.4 is 9.64 Å². The Morgan fingerprint density at radius 2 is 1.50 bits per heavy atom. The van der Waals surface area contributed by atoms with E-state index in [4.69, 9.17) is 16.3 Å². The molecule has 1 fully saturated rings. The number of aryl methyl sites for hydroxylation is 1. The predicted octanol–water partition coefficient (Wildman–Crippen LogP) is 4.41. The number of methoxy groups -OCH3 is 1. The maximum absolute atomic E-state index is 13.5. The van der Waals surface area contributed by atoms with Crippen molar-refractivity contribution in [1.29, 1.82) is 0 Å². The minimum absolute atomic E-state index is 0.316. The van der Waals surface area contributed by atoms with Gasteiger partial charge in [-0.3, -0.25) is 19.3 Å². The van der Waals surface area contributed by atoms with E-state index in [-0.39, 0.29) is 5.91 Å². The molecule has 0 spiro atoms. The smallest absolute Gasteiger partial charge is 0.262 e. The third-order valence-corrected chi connectivity index (χ3v) is 6.26. The molecule has 6 nitrogen and oxygen atoms in total. The summed E-state index contributed by atoms with van der Waals surface area (Å²) in [5.41, 5.74) is 2.89. The number of β-lactam (4-membered cyclic amide) rings is 1. The molecule has 3 aromatic rings. The highest BCUT2D eigenvalue weighted by Crippen LogP contribution is 2.45. The third kappa shape index (κ3) is 2.91. The molecule has 0 aromatic heterocycles. The molecule has 0 aliphatic carbocycles. The highest BCUT2D eigenvalue weighted by Gasteiger charge is 2.57. The van der Waals surface area contributed by atoms with E-state index in [9.17, 15) is 14.4 Å². The number of benzene rings is 3. The number of imide groups is 1. The van der Waals surface area contributed by atoms with E-state index in [1.165, 1.54) is 0 Å². The topological polar surface area (TPSA) is 66.9 Å². The average molecular weight is 447 g/mol. The molecule has 0 bridgehead atoms. The quantitative estimate of drug-likeness (QED) is 0.440. The van der Waals surface area contributed by atoms with Crippen LogP contribution in [0.4, 0.5) is 5.69 Å². The Hall–Kier alpha value is -3.64. The van der Waals surface area contributed by atoms with Gasteiger partial charge in [0.1, 0.15) is 11.8 Å². The number of nitrogens with zero attached hydrogens (tertiary/aromatic N) is 2. The monoisotopic (exact) mass is 446 g/mol. The fraction of sp³-hybridized carbons (Fsp3) is 0.160. The molecule has 5 rings (SSSR count). The summed E-state index contributed by atoms with van der Waals surface area (Å²) in [6.45, 7) is 1.87. The summed E-state index contributed by atoms with van der Waals surface area (Å²) in [5, 5.41) is 0.564. The number of amides is 3. The zero-order valence-corrected chi connectivity index (χ0v) is 18.2. The van der Waals surface area contributed by atoms with Crippen LogP contribution in [0.5, 0.6) is 5.75 Å². The lowest BCUT2D eigenvalue weighted by Crippen LogP contribution is -2.67. The third-order valence-electron chi connectivity index (χ3n) is 6.03. The molecule has 160 valence electrons. The summed E-state index contributed by atoms with van der Waals surface area (Å²) in [7, 11) is 1.56. The van der Waals surface area contributed by atoms with Crippen molar-refractivity contribution in [2.24, 2.45) is 0 Å². The van der Waals surface area contributed by atoms with Gasteiger partial charge in [0.05, 0.1) is 24.3 Å². The Balaban J connectivity index is 1.62. The number of hydrogen-bond donors (Lipinski definition) is 0. The van der Waals surface area contributed by atoms with Crippen LogP contribution in [0.2, 0.25) is 5.02 Å². The van der Waals surface area contributed by atoms with Crippen molar-refractivity contribution in [2.45, 2.75) is 19.0 Å². The van der Waals surface area contributed by atoms with Crippen molar-refractivity contribution in [1.82, 2.24) is 4.90 Å². The first kappa shape index (κ1) is 20.3. The van der Waals surface area contributed by atoms with E-state index < -0.39 is 23.9 Å². The zero-order chi connectivity index (χ0) is 22.6. The summed E-state index contributed by atoms with van der Waals surface area (Å²) in [5.74, 6) is -0.609. The molecule has 0 saturated carbocycles. The van der Waals surface area contributed by atoms with E-state index in [0.717, 1.165) is 16.0 Å². The van der Waals surface area contributed by atoms with Crippen molar-refractivity contribution in [3.8, 4) is 5.75 Å². The SMILES string of the molecule is COc1cccc(C2C(N3C(=O)c4ccccc4C3=O)C(=O)N2c2ccc(Cl)cc2C)c1. The normalized spacial score (nSPS) is 19.8. The number of halogens is 1. The first-order valence-electron chi connectivity index (χ1n) is 10.1. The average Bonchev–Trinajstić information content (AvgIpc) is 3.04. The first-order chi connectivity index (χ1) is 15.4. The standard InChI is InChI=1S/C25H19ClN2O4/c1-14-12-16(26)10-11-20(14)27-21(15-6-5-7-17(13-15)32-2)22(25(27)31)28-23(29)18-8-3-4-9-19(18)24(28)30/h3-13,21-22H,1-2H3. The van der Waals surface area contributed by atoms with Crippen LogP contribution in [0.1, 0.15) is 37.9 Å². The lowest BCUT2D eigenvalue weighted by molar-refractivity contribution is -0.130. The van der Waals surface area contributed by atoms with Gasteiger partial charge in [-0.25, -0.2) is 0 Å². The van der Waals surface area contributed by atoms with Crippen LogP contribution in [0.3, 0.4) is 0 Å². The van der Waals surface area contributed by atoms with Crippen molar-refractivity contribution < 1.29 is 19.1 Å². The number of rotatable bonds is 4. The summed E-state index contributed by atoms with van der Waals surface area (Å²) >= 11 is 6.12. The predicted molar refractivity (Wildman–Crippen MR) is 120 cm³/mol. The van der Waals surface area contributed by atoms with Crippen LogP contribution >= 0.6 is 11.6 Å². The summed E-state index contributed by atoms with van der Waals surface area (Å²) < 4.78 is 5.37. The van der Waals surface area contributed by atoms with E-state index in [0.29, 0.717) is 27.6 Å². The molecule has 2 atom stereocenters. The van der Waals surface area contributed by atoms with Crippen LogP contribution in [0, 0.1) is 6.92 Å². The molecule has 32 heavy (non-hydrogen) atoms. The molecule has 2 aliphatic heterocycles. The van der Waals surface area contributed by atoms with E-state index in [1.807, 2.05) is 25.1 Å². The van der Waals surface area contributed by atoms with Crippen molar-refractivity contribution >= 4 is 35.0 Å². The Bertz CT molecular complexity index is 1250. The Labute approximate surface area is 190 Å². The number of hydrogen-bond acceptors (Lipinski definition) is 4. The molecular formula is C25H19ClN2O4. The second kappa shape index (κ2) is 7.50. The Morgan fingerprint density at radius 3 is 2.12 bits per heavy atom. The van der Waals surface area contributed by atoms with Gasteiger partial charge >= 0.3 is 0 Å². The molecule has 2 heterocycles. The maximum Gasteiger partial charge on any atom is 0.262 e. The number of carbonyl (C=O) groups is 3. The number of carbonyl (C=O) groups excluding carboxylic acids is 3. The first-order valence-corrected chi connectivity index (χ1v) is 10.5. The van der Waals surface area contributed by atoms with Crippen molar-refractivity contribution in [3.63, 3.8) is 0 Å². The maximum atomic E-state index is 13.5. The van der Waals surface area contributed by atoms with Gasteiger partial charge in [-0.2, -0.15) is 0 Å². The highest BCUT2D eigenvalue weighted by molar-refractivity contribution is 6.30. The highest BCUT2D eigenvalue weighted by atomic mass is 35.5. The second-order valence-corrected chi connectivity index (χ2v) is 8.27. The van der Waals surface area contributed by atoms with Gasteiger partial charge in [-0.05, 0) is 60.5 Å². The van der Waals surface area contributed by atoms with Crippen LogP contribution in [0.25, 0.3) is 0 Å². The molecule has 7 heteroatoms. The van der Waals surface area contributed by atoms with Gasteiger partial charge in [-0.1, -0.05) is 35.9 Å². The van der Waals surface area contributed by atoms with E-state index in [2.05, 4.69) is 0 Å². The minimum Gasteiger partial charge on any atom is -0.497 e. The number of ether oxygens (including phenoxy) is 1. The molecule has 3 amide bonds. The van der Waals surface area contributed by atoms with Crippen molar-refractivity contribution in [2.75, 3.05) is 12.0 Å². The fourth-order valence-electron chi connectivity index (χ4n) is 4.50. The van der Waals surface area contributed by atoms with Gasteiger partial charge in [0.15, 0.2) is 0 Å². The molecular weight excluding hydrogens is 428 g/mol. The molecule has 1 saturated heterocycles. The Morgan fingerprint density at radius 1 is 0.812 bits per heavy atom. The number of anilines is 1. The largest absolute Gasteiger partial charge is 0.497 e. The minimum atomic E-state index is -0.954. The van der Waals surface area contributed by atoms with Gasteiger partial charge in [0.25, 0.3) is 17.7 Å². The van der Waals surface area contributed by atoms with Crippen LogP contribution in [-0.4, -0.2) is 35.8 Å². The van der Waals surface area contributed by atoms with Gasteiger partial charge < -0.3 is 9.64 Å². The molecule has 3 aromatic carbocycles. The van der Waals surface area contributed by atoms with E-state index in [1.54, 1.807) is 60.5 Å². The van der Waals surface area contributed by atoms with Crippen LogP contribution in [0.15, 0.2) is 66.7 Å². The number of fused-ring (bicyclic) bond motifs is 1. The summed E-state index contributed by atoms with van der Waals surface area (Å²) in [4.78, 5) is 42.5. The lowest BCUT2D eigenvalue weighted by atomic mass is 9.85. The van der Waals surface area contributed by atoms with Gasteiger partial charge in [0.2, 0.25) is 0 Å². The van der Waals surface area contributed by atoms with E-state index >= 15 is 0 Å². The van der Waals surface area contributed by atoms with Crippen LogP contribution in [-0.2, 0) is 4.79 Å². The molecule has 2 aliphatic rings. The van der Waals surface area contributed by atoms with Gasteiger partial charge in [-0.15, -0.1) is 0 Å². The lowest BCUT2D eigenvalue weighted by Gasteiger charge is -2.50. The van der Waals surface area contributed by atoms with Crippen molar-refractivity contribution in [3.05, 3.63) is 94.0 Å². The second-order valence-electron chi connectivity index (χ2n) is 7.83. The summed E-state index contributed by atoms with van der Waals surface area (Å²) in [6.07, 6.45) is 0.